The maximum Gasteiger partial charge on any atom is 0.241 e. The highest BCUT2D eigenvalue weighted by atomic mass is 32.2. The molecule has 0 aliphatic heterocycles. The van der Waals surface area contributed by atoms with Gasteiger partial charge in [-0.3, -0.25) is 9.10 Å². The van der Waals surface area contributed by atoms with Gasteiger partial charge in [0.25, 0.3) is 0 Å². The molecule has 164 valence electrons. The van der Waals surface area contributed by atoms with E-state index in [-0.39, 0.29) is 10.6 Å². The van der Waals surface area contributed by atoms with Crippen LogP contribution in [-0.4, -0.2) is 48.9 Å². The second kappa shape index (κ2) is 9.05. The zero-order valence-electron chi connectivity index (χ0n) is 17.5. The molecule has 0 aliphatic rings. The lowest BCUT2D eigenvalue weighted by Crippen LogP contribution is -2.41. The van der Waals surface area contributed by atoms with E-state index in [9.17, 15) is 21.6 Å². The van der Waals surface area contributed by atoms with Crippen LogP contribution >= 0.6 is 0 Å². The molecule has 0 saturated heterocycles. The van der Waals surface area contributed by atoms with Crippen molar-refractivity contribution >= 4 is 31.5 Å². The van der Waals surface area contributed by atoms with Crippen LogP contribution in [0.3, 0.4) is 0 Å². The van der Waals surface area contributed by atoms with E-state index in [0.29, 0.717) is 11.3 Å². The smallest absolute Gasteiger partial charge is 0.241 e. The summed E-state index contributed by atoms with van der Waals surface area (Å²) in [5.74, 6) is -0.174. The number of benzene rings is 2. The van der Waals surface area contributed by atoms with E-state index in [1.54, 1.807) is 37.3 Å². The molecule has 2 rings (SSSR count). The number of ether oxygens (including phenoxy) is 1. The first kappa shape index (κ1) is 23.7. The van der Waals surface area contributed by atoms with Gasteiger partial charge in [-0.1, -0.05) is 18.2 Å². The predicted octanol–water partition coefficient (Wildman–Crippen LogP) is 2.05. The quantitative estimate of drug-likeness (QED) is 0.654. The van der Waals surface area contributed by atoms with Crippen molar-refractivity contribution in [2.45, 2.75) is 24.8 Å². The number of aryl methyl sites for hydroxylation is 1. The van der Waals surface area contributed by atoms with E-state index in [2.05, 4.69) is 5.32 Å². The Labute approximate surface area is 177 Å². The number of amides is 1. The monoisotopic (exact) mass is 454 g/mol. The number of hydrogen-bond acceptors (Lipinski definition) is 6. The van der Waals surface area contributed by atoms with Gasteiger partial charge in [0, 0.05) is 6.26 Å². The molecule has 1 atom stereocenters. The minimum absolute atomic E-state index is 0.180. The van der Waals surface area contributed by atoms with E-state index >= 15 is 0 Å². The third kappa shape index (κ3) is 5.96. The Bertz CT molecular complexity index is 1130. The van der Waals surface area contributed by atoms with Crippen molar-refractivity contribution < 1.29 is 26.4 Å². The second-order valence-electron chi connectivity index (χ2n) is 7.08. The van der Waals surface area contributed by atoms with Gasteiger partial charge in [0.1, 0.15) is 12.3 Å². The predicted molar refractivity (Wildman–Crippen MR) is 116 cm³/mol. The number of carbonyl (C=O) groups is 1. The molecule has 30 heavy (non-hydrogen) atoms. The van der Waals surface area contributed by atoms with Gasteiger partial charge in [0.15, 0.2) is 9.84 Å². The summed E-state index contributed by atoms with van der Waals surface area (Å²) in [4.78, 5) is 12.8. The third-order valence-corrected chi connectivity index (χ3v) is 6.73. The number of methoxy groups -OCH3 is 1. The Hall–Kier alpha value is -2.59. The fourth-order valence-electron chi connectivity index (χ4n) is 2.88. The lowest BCUT2D eigenvalue weighted by atomic mass is 10.1. The fourth-order valence-corrected chi connectivity index (χ4v) is 4.36. The number of carbonyl (C=O) groups excluding carboxylic acids is 1. The zero-order chi connectivity index (χ0) is 22.7. The molecule has 0 radical (unpaired) electrons. The molecule has 0 unspecified atom stereocenters. The maximum absolute atomic E-state index is 12.6. The Morgan fingerprint density at radius 3 is 2.17 bits per heavy atom. The van der Waals surface area contributed by atoms with E-state index in [1.165, 1.54) is 19.2 Å². The van der Waals surface area contributed by atoms with Crippen LogP contribution in [0.2, 0.25) is 0 Å². The molecule has 0 spiro atoms. The van der Waals surface area contributed by atoms with Crippen molar-refractivity contribution in [3.05, 3.63) is 53.6 Å². The molecular formula is C20H26N2O6S2. The maximum atomic E-state index is 12.6. The Balaban J connectivity index is 2.22. The van der Waals surface area contributed by atoms with Gasteiger partial charge in [0.05, 0.1) is 30.0 Å². The van der Waals surface area contributed by atoms with Crippen LogP contribution in [0, 0.1) is 6.92 Å². The molecule has 10 heteroatoms. The Morgan fingerprint density at radius 2 is 1.67 bits per heavy atom. The number of sulfone groups is 1. The number of nitrogens with one attached hydrogen (secondary N) is 1. The van der Waals surface area contributed by atoms with Gasteiger partial charge in [-0.2, -0.15) is 0 Å². The average Bonchev–Trinajstić information content (AvgIpc) is 2.64. The van der Waals surface area contributed by atoms with Gasteiger partial charge in [-0.15, -0.1) is 0 Å². The highest BCUT2D eigenvalue weighted by molar-refractivity contribution is 7.92. The van der Waals surface area contributed by atoms with Gasteiger partial charge < -0.3 is 10.1 Å². The topological polar surface area (TPSA) is 110 Å². The first-order valence-electron chi connectivity index (χ1n) is 9.04. The van der Waals surface area contributed by atoms with Crippen molar-refractivity contribution in [2.75, 3.05) is 30.5 Å². The Morgan fingerprint density at radius 1 is 1.07 bits per heavy atom. The normalized spacial score (nSPS) is 12.8. The molecule has 2 aromatic rings. The van der Waals surface area contributed by atoms with Crippen LogP contribution in [0.25, 0.3) is 0 Å². The summed E-state index contributed by atoms with van der Waals surface area (Å²) in [5.41, 5.74) is 1.79. The fraction of sp³-hybridized carbons (Fsp3) is 0.350. The summed E-state index contributed by atoms with van der Waals surface area (Å²) in [7, 11) is -5.65. The van der Waals surface area contributed by atoms with Crippen molar-refractivity contribution in [2.24, 2.45) is 0 Å². The summed E-state index contributed by atoms with van der Waals surface area (Å²) in [6, 6.07) is 10.8. The number of nitrogens with zero attached hydrogens (tertiary/aromatic N) is 1. The minimum Gasteiger partial charge on any atom is -0.495 e. The number of sulfonamides is 1. The molecule has 0 aromatic heterocycles. The standard InChI is InChI=1S/C20H26N2O6S2/c1-14-6-11-19(28-3)18(12-14)22(30(5,26)27)13-20(23)21-15(2)16-7-9-17(10-8-16)29(4,24)25/h6-12,15H,13H2,1-5H3,(H,21,23)/t15-/m1/s1. The first-order valence-corrected chi connectivity index (χ1v) is 12.8. The average molecular weight is 455 g/mol. The number of anilines is 1. The third-order valence-electron chi connectivity index (χ3n) is 4.48. The van der Waals surface area contributed by atoms with E-state index in [1.807, 2.05) is 6.92 Å². The Kier molecular flexibility index (Phi) is 7.14. The summed E-state index contributed by atoms with van der Waals surface area (Å²) in [6.45, 7) is 3.11. The minimum atomic E-state index is -3.76. The van der Waals surface area contributed by atoms with Crippen LogP contribution in [0.15, 0.2) is 47.4 Å². The summed E-state index contributed by atoms with van der Waals surface area (Å²) in [6.07, 6.45) is 2.14. The van der Waals surface area contributed by atoms with Crippen LogP contribution in [0.4, 0.5) is 5.69 Å². The molecule has 0 bridgehead atoms. The van der Waals surface area contributed by atoms with E-state index in [0.717, 1.165) is 22.4 Å². The lowest BCUT2D eigenvalue weighted by Gasteiger charge is -2.25. The molecule has 2 aromatic carbocycles. The van der Waals surface area contributed by atoms with Crippen LogP contribution in [0.5, 0.6) is 5.75 Å². The van der Waals surface area contributed by atoms with E-state index in [4.69, 9.17) is 4.74 Å². The molecule has 0 saturated carbocycles. The summed E-state index contributed by atoms with van der Waals surface area (Å²) < 4.78 is 54.1. The molecule has 1 N–H and O–H groups in total. The van der Waals surface area contributed by atoms with Gasteiger partial charge in [-0.25, -0.2) is 16.8 Å². The molecule has 1 amide bonds. The largest absolute Gasteiger partial charge is 0.495 e. The van der Waals surface area contributed by atoms with Crippen molar-refractivity contribution in [1.82, 2.24) is 5.32 Å². The molecule has 0 fully saturated rings. The van der Waals surface area contributed by atoms with Gasteiger partial charge >= 0.3 is 0 Å². The van der Waals surface area contributed by atoms with Gasteiger partial charge in [-0.05, 0) is 49.2 Å². The number of rotatable bonds is 8. The SMILES string of the molecule is COc1ccc(C)cc1N(CC(=O)N[C@H](C)c1ccc(S(C)(=O)=O)cc1)S(C)(=O)=O. The van der Waals surface area contributed by atoms with Crippen molar-refractivity contribution in [3.63, 3.8) is 0 Å². The highest BCUT2D eigenvalue weighted by Gasteiger charge is 2.25. The molecular weight excluding hydrogens is 428 g/mol. The van der Waals surface area contributed by atoms with Gasteiger partial charge in [0.2, 0.25) is 15.9 Å². The number of hydrogen-bond donors (Lipinski definition) is 1. The summed E-state index contributed by atoms with van der Waals surface area (Å²) >= 11 is 0. The summed E-state index contributed by atoms with van der Waals surface area (Å²) in [5, 5.41) is 2.74. The van der Waals surface area contributed by atoms with Crippen molar-refractivity contribution in [3.8, 4) is 5.75 Å². The van der Waals surface area contributed by atoms with Crippen LogP contribution in [0.1, 0.15) is 24.1 Å². The van der Waals surface area contributed by atoms with Crippen LogP contribution < -0.4 is 14.4 Å². The molecule has 0 aliphatic carbocycles. The first-order chi connectivity index (χ1) is 13.8. The lowest BCUT2D eigenvalue weighted by molar-refractivity contribution is -0.120. The van der Waals surface area contributed by atoms with Crippen molar-refractivity contribution in [1.29, 1.82) is 0 Å². The van der Waals surface area contributed by atoms with E-state index < -0.39 is 38.4 Å². The molecule has 8 nitrogen and oxygen atoms in total. The van der Waals surface area contributed by atoms with Crippen LogP contribution in [-0.2, 0) is 24.7 Å². The molecule has 0 heterocycles. The second-order valence-corrected chi connectivity index (χ2v) is 11.0. The zero-order valence-corrected chi connectivity index (χ0v) is 19.2. The highest BCUT2D eigenvalue weighted by Crippen LogP contribution is 2.31.